The summed E-state index contributed by atoms with van der Waals surface area (Å²) >= 11 is 0. The maximum absolute atomic E-state index is 11.6. The quantitative estimate of drug-likeness (QED) is 0.807. The summed E-state index contributed by atoms with van der Waals surface area (Å²) in [6, 6.07) is 3.69. The van der Waals surface area contributed by atoms with Gasteiger partial charge in [-0.25, -0.2) is 0 Å². The summed E-state index contributed by atoms with van der Waals surface area (Å²) < 4.78 is 0. The van der Waals surface area contributed by atoms with E-state index < -0.39 is 6.10 Å². The van der Waals surface area contributed by atoms with Crippen LogP contribution in [0.25, 0.3) is 0 Å². The van der Waals surface area contributed by atoms with E-state index in [0.29, 0.717) is 12.2 Å². The summed E-state index contributed by atoms with van der Waals surface area (Å²) in [7, 11) is 1.81. The Kier molecular flexibility index (Phi) is 3.28. The number of aliphatic hydroxyl groups is 1. The second kappa shape index (κ2) is 4.71. The molecular formula is C12H17N3O2. The molecule has 0 radical (unpaired) electrons. The van der Waals surface area contributed by atoms with Gasteiger partial charge in [-0.15, -0.1) is 0 Å². The molecule has 2 rings (SSSR count). The van der Waals surface area contributed by atoms with Gasteiger partial charge in [-0.2, -0.15) is 0 Å². The lowest BCUT2D eigenvalue weighted by molar-refractivity contribution is -0.129. The van der Waals surface area contributed by atoms with E-state index in [0.717, 1.165) is 18.8 Å². The third-order valence-electron chi connectivity index (χ3n) is 3.02. The van der Waals surface area contributed by atoms with Crippen molar-refractivity contribution in [2.24, 2.45) is 0 Å². The smallest absolute Gasteiger partial charge is 0.241 e. The molecule has 1 aromatic rings. The average Bonchev–Trinajstić information content (AvgIpc) is 2.33. The molecule has 5 nitrogen and oxygen atoms in total. The van der Waals surface area contributed by atoms with Gasteiger partial charge in [0.05, 0.1) is 30.2 Å². The lowest BCUT2D eigenvalue weighted by atomic mass is 10.2. The largest absolute Gasteiger partial charge is 0.387 e. The van der Waals surface area contributed by atoms with Crippen LogP contribution < -0.4 is 4.90 Å². The normalized spacial score (nSPS) is 18.4. The first-order valence-electron chi connectivity index (χ1n) is 5.71. The number of aromatic nitrogens is 1. The topological polar surface area (TPSA) is 56.7 Å². The van der Waals surface area contributed by atoms with Crippen molar-refractivity contribution in [1.82, 2.24) is 9.88 Å². The van der Waals surface area contributed by atoms with Crippen molar-refractivity contribution in [1.29, 1.82) is 0 Å². The molecule has 0 aromatic carbocycles. The highest BCUT2D eigenvalue weighted by Gasteiger charge is 2.21. The summed E-state index contributed by atoms with van der Waals surface area (Å²) in [5.74, 6) is 0.121. The van der Waals surface area contributed by atoms with E-state index in [1.54, 1.807) is 24.1 Å². The Bertz CT molecular complexity index is 403. The van der Waals surface area contributed by atoms with Crippen LogP contribution in [-0.2, 0) is 4.79 Å². The van der Waals surface area contributed by atoms with Crippen molar-refractivity contribution >= 4 is 11.6 Å². The van der Waals surface area contributed by atoms with E-state index in [1.807, 2.05) is 18.0 Å². The molecule has 1 fully saturated rings. The molecule has 1 amide bonds. The molecule has 0 aliphatic carbocycles. The Hall–Kier alpha value is -1.62. The number of anilines is 1. The number of nitrogens with zero attached hydrogens (tertiary/aromatic N) is 3. The zero-order valence-corrected chi connectivity index (χ0v) is 10.1. The third-order valence-corrected chi connectivity index (χ3v) is 3.02. The number of piperazine rings is 1. The Labute approximate surface area is 101 Å². The molecule has 0 spiro atoms. The predicted octanol–water partition coefficient (Wildman–Crippen LogP) is 0.413. The minimum absolute atomic E-state index is 0.121. The van der Waals surface area contributed by atoms with Crippen LogP contribution in [0.4, 0.5) is 5.69 Å². The monoisotopic (exact) mass is 235 g/mol. The molecule has 1 aliphatic heterocycles. The van der Waals surface area contributed by atoms with Crippen LogP contribution in [0.3, 0.4) is 0 Å². The lowest BCUT2D eigenvalue weighted by Gasteiger charge is -2.33. The molecule has 0 bridgehead atoms. The number of rotatable bonds is 2. The molecule has 17 heavy (non-hydrogen) atoms. The van der Waals surface area contributed by atoms with Gasteiger partial charge in [0.25, 0.3) is 0 Å². The zero-order valence-electron chi connectivity index (χ0n) is 10.1. The van der Waals surface area contributed by atoms with E-state index in [-0.39, 0.29) is 5.91 Å². The number of hydrogen-bond acceptors (Lipinski definition) is 4. The van der Waals surface area contributed by atoms with Crippen LogP contribution >= 0.6 is 0 Å². The first kappa shape index (κ1) is 11.9. The van der Waals surface area contributed by atoms with Crippen LogP contribution in [0.15, 0.2) is 18.3 Å². The molecule has 5 heteroatoms. The number of carbonyl (C=O) groups is 1. The minimum Gasteiger partial charge on any atom is -0.387 e. The Morgan fingerprint density at radius 1 is 1.41 bits per heavy atom. The summed E-state index contributed by atoms with van der Waals surface area (Å²) in [6.45, 7) is 3.63. The highest BCUT2D eigenvalue weighted by atomic mass is 16.3. The van der Waals surface area contributed by atoms with Crippen LogP contribution in [0.1, 0.15) is 18.7 Å². The predicted molar refractivity (Wildman–Crippen MR) is 64.7 cm³/mol. The number of pyridine rings is 1. The standard InChI is InChI=1S/C12H17N3O2/c1-9(16)11-4-3-10(7-13-11)15-6-5-14(2)12(17)8-15/h3-4,7,9,16H,5-6,8H2,1-2H3. The molecule has 1 unspecified atom stereocenters. The van der Waals surface area contributed by atoms with Gasteiger partial charge >= 0.3 is 0 Å². The molecule has 1 aliphatic rings. The van der Waals surface area contributed by atoms with Gasteiger partial charge in [0.15, 0.2) is 0 Å². The molecule has 0 saturated carbocycles. The fourth-order valence-electron chi connectivity index (χ4n) is 1.81. The molecule has 1 atom stereocenters. The van der Waals surface area contributed by atoms with Crippen LogP contribution in [-0.4, -0.2) is 47.6 Å². The van der Waals surface area contributed by atoms with Crippen LogP contribution in [0.5, 0.6) is 0 Å². The van der Waals surface area contributed by atoms with E-state index in [9.17, 15) is 9.90 Å². The number of amides is 1. The second-order valence-electron chi connectivity index (χ2n) is 4.35. The number of aliphatic hydroxyl groups excluding tert-OH is 1. The summed E-state index contributed by atoms with van der Waals surface area (Å²) in [6.07, 6.45) is 1.15. The molecule has 1 N–H and O–H groups in total. The zero-order chi connectivity index (χ0) is 12.4. The van der Waals surface area contributed by atoms with Gasteiger partial charge in [0.2, 0.25) is 5.91 Å². The summed E-state index contributed by atoms with van der Waals surface area (Å²) in [5.41, 5.74) is 1.57. The van der Waals surface area contributed by atoms with Crippen molar-refractivity contribution in [2.75, 3.05) is 31.6 Å². The summed E-state index contributed by atoms with van der Waals surface area (Å²) in [5, 5.41) is 9.36. The Morgan fingerprint density at radius 3 is 2.71 bits per heavy atom. The highest BCUT2D eigenvalue weighted by molar-refractivity contribution is 5.82. The molecule has 1 aromatic heterocycles. The molecule has 1 saturated heterocycles. The van der Waals surface area contributed by atoms with E-state index in [4.69, 9.17) is 0 Å². The molecular weight excluding hydrogens is 218 g/mol. The fourth-order valence-corrected chi connectivity index (χ4v) is 1.81. The number of hydrogen-bond donors (Lipinski definition) is 1. The van der Waals surface area contributed by atoms with Gasteiger partial charge in [-0.3, -0.25) is 9.78 Å². The van der Waals surface area contributed by atoms with Gasteiger partial charge in [0, 0.05) is 20.1 Å². The van der Waals surface area contributed by atoms with Crippen molar-refractivity contribution < 1.29 is 9.90 Å². The van der Waals surface area contributed by atoms with Crippen molar-refractivity contribution in [3.05, 3.63) is 24.0 Å². The minimum atomic E-state index is -0.557. The lowest BCUT2D eigenvalue weighted by Crippen LogP contribution is -2.48. The summed E-state index contributed by atoms with van der Waals surface area (Å²) in [4.78, 5) is 19.5. The van der Waals surface area contributed by atoms with E-state index >= 15 is 0 Å². The van der Waals surface area contributed by atoms with Crippen molar-refractivity contribution in [3.8, 4) is 0 Å². The van der Waals surface area contributed by atoms with Crippen LogP contribution in [0.2, 0.25) is 0 Å². The first-order valence-corrected chi connectivity index (χ1v) is 5.71. The van der Waals surface area contributed by atoms with Crippen molar-refractivity contribution in [2.45, 2.75) is 13.0 Å². The third kappa shape index (κ3) is 2.55. The van der Waals surface area contributed by atoms with Gasteiger partial charge in [-0.05, 0) is 19.1 Å². The molecule has 2 heterocycles. The fraction of sp³-hybridized carbons (Fsp3) is 0.500. The number of likely N-dealkylation sites (N-methyl/N-ethyl adjacent to an activating group) is 1. The van der Waals surface area contributed by atoms with E-state index in [2.05, 4.69) is 4.98 Å². The van der Waals surface area contributed by atoms with E-state index in [1.165, 1.54) is 0 Å². The van der Waals surface area contributed by atoms with Gasteiger partial charge in [-0.1, -0.05) is 0 Å². The maximum Gasteiger partial charge on any atom is 0.241 e. The maximum atomic E-state index is 11.6. The second-order valence-corrected chi connectivity index (χ2v) is 4.35. The number of carbonyl (C=O) groups excluding carboxylic acids is 1. The van der Waals surface area contributed by atoms with Gasteiger partial charge < -0.3 is 14.9 Å². The highest BCUT2D eigenvalue weighted by Crippen LogP contribution is 2.17. The van der Waals surface area contributed by atoms with Crippen LogP contribution in [0, 0.1) is 0 Å². The SMILES string of the molecule is CC(O)c1ccc(N2CCN(C)C(=O)C2)cn1. The Balaban J connectivity index is 2.10. The van der Waals surface area contributed by atoms with Crippen molar-refractivity contribution in [3.63, 3.8) is 0 Å². The van der Waals surface area contributed by atoms with Gasteiger partial charge in [0.1, 0.15) is 0 Å². The average molecular weight is 235 g/mol. The Morgan fingerprint density at radius 2 is 2.18 bits per heavy atom. The first-order chi connectivity index (χ1) is 8.08. The molecule has 92 valence electrons.